The van der Waals surface area contributed by atoms with Gasteiger partial charge in [-0.25, -0.2) is 0 Å². The second kappa shape index (κ2) is 5.75. The van der Waals surface area contributed by atoms with Crippen molar-refractivity contribution in [2.24, 2.45) is 4.99 Å². The number of fused-ring (bicyclic) bond motifs is 1. The van der Waals surface area contributed by atoms with Crippen molar-refractivity contribution < 1.29 is 4.79 Å². The van der Waals surface area contributed by atoms with E-state index in [0.717, 1.165) is 22.5 Å². The van der Waals surface area contributed by atoms with E-state index < -0.39 is 0 Å². The molecular weight excluding hydrogens is 260 g/mol. The summed E-state index contributed by atoms with van der Waals surface area (Å²) in [6.07, 6.45) is 11.8. The van der Waals surface area contributed by atoms with Gasteiger partial charge in [-0.05, 0) is 6.08 Å². The number of carbonyl (C=O) groups is 1. The van der Waals surface area contributed by atoms with Crippen LogP contribution in [0.4, 0.5) is 0 Å². The Morgan fingerprint density at radius 2 is 1.71 bits per heavy atom. The minimum absolute atomic E-state index is 0.00367. The summed E-state index contributed by atoms with van der Waals surface area (Å²) in [6.45, 7) is 0.169. The highest BCUT2D eigenvalue weighted by molar-refractivity contribution is 6.17. The van der Waals surface area contributed by atoms with Crippen LogP contribution in [0.1, 0.15) is 5.56 Å². The van der Waals surface area contributed by atoms with Gasteiger partial charge in [0.1, 0.15) is 6.54 Å². The van der Waals surface area contributed by atoms with Crippen LogP contribution in [-0.4, -0.2) is 30.1 Å². The van der Waals surface area contributed by atoms with Crippen molar-refractivity contribution in [3.8, 4) is 0 Å². The molecule has 0 radical (unpaired) electrons. The molecule has 1 aliphatic heterocycles. The van der Waals surface area contributed by atoms with Crippen molar-refractivity contribution in [2.45, 2.75) is 0 Å². The van der Waals surface area contributed by atoms with Crippen LogP contribution in [0.25, 0.3) is 0 Å². The number of aliphatic imine (C=N–C) groups is 1. The Labute approximate surface area is 124 Å². The van der Waals surface area contributed by atoms with Crippen molar-refractivity contribution >= 4 is 11.6 Å². The molecule has 0 saturated carbocycles. The van der Waals surface area contributed by atoms with Crippen LogP contribution in [0, 0.1) is 0 Å². The first-order valence-corrected chi connectivity index (χ1v) is 6.90. The Hall–Kier alpha value is -2.68. The number of hydrogen-bond acceptors (Lipinski definition) is 2. The number of carbonyl (C=O) groups excluding carboxylic acids is 1. The van der Waals surface area contributed by atoms with E-state index in [0.29, 0.717) is 0 Å². The van der Waals surface area contributed by atoms with Gasteiger partial charge in [-0.1, -0.05) is 60.7 Å². The number of amides is 1. The van der Waals surface area contributed by atoms with Crippen LogP contribution in [-0.2, 0) is 4.79 Å². The van der Waals surface area contributed by atoms with Crippen LogP contribution in [0.2, 0.25) is 0 Å². The van der Waals surface area contributed by atoms with E-state index in [-0.39, 0.29) is 12.5 Å². The van der Waals surface area contributed by atoms with Crippen LogP contribution >= 0.6 is 0 Å². The second-order valence-electron chi connectivity index (χ2n) is 4.89. The predicted molar refractivity (Wildman–Crippen MR) is 85.1 cm³/mol. The van der Waals surface area contributed by atoms with E-state index in [1.54, 1.807) is 11.9 Å². The molecule has 2 aliphatic rings. The van der Waals surface area contributed by atoms with Crippen molar-refractivity contribution in [1.29, 1.82) is 0 Å². The van der Waals surface area contributed by atoms with Gasteiger partial charge >= 0.3 is 0 Å². The van der Waals surface area contributed by atoms with Gasteiger partial charge in [0.2, 0.25) is 5.91 Å². The largest absolute Gasteiger partial charge is 0.313 e. The maximum Gasteiger partial charge on any atom is 0.248 e. The van der Waals surface area contributed by atoms with E-state index in [4.69, 9.17) is 0 Å². The minimum Gasteiger partial charge on any atom is -0.313 e. The molecule has 1 aromatic rings. The lowest BCUT2D eigenvalue weighted by Crippen LogP contribution is -2.27. The maximum absolute atomic E-state index is 12.2. The predicted octanol–water partition coefficient (Wildman–Crippen LogP) is 2.88. The van der Waals surface area contributed by atoms with E-state index in [1.165, 1.54) is 0 Å². The molecule has 0 atom stereocenters. The van der Waals surface area contributed by atoms with Gasteiger partial charge in [0.15, 0.2) is 0 Å². The molecule has 1 aliphatic carbocycles. The number of allylic oxidation sites excluding steroid dienone is 7. The monoisotopic (exact) mass is 276 g/mol. The molecule has 21 heavy (non-hydrogen) atoms. The Morgan fingerprint density at radius 3 is 2.48 bits per heavy atom. The zero-order valence-corrected chi connectivity index (χ0v) is 11.9. The summed E-state index contributed by atoms with van der Waals surface area (Å²) in [7, 11) is 1.80. The quantitative estimate of drug-likeness (QED) is 0.776. The Balaban J connectivity index is 2.17. The highest BCUT2D eigenvalue weighted by Crippen LogP contribution is 2.24. The van der Waals surface area contributed by atoms with Gasteiger partial charge in [-0.2, -0.15) is 0 Å². The third-order valence-electron chi connectivity index (χ3n) is 3.54. The zero-order valence-electron chi connectivity index (χ0n) is 11.9. The van der Waals surface area contributed by atoms with E-state index in [2.05, 4.69) is 4.99 Å². The molecule has 3 rings (SSSR count). The first-order chi connectivity index (χ1) is 10.3. The topological polar surface area (TPSA) is 32.7 Å². The summed E-state index contributed by atoms with van der Waals surface area (Å²) in [5, 5.41) is 0. The average molecular weight is 276 g/mol. The number of hydrogen-bond donors (Lipinski definition) is 0. The number of benzene rings is 1. The van der Waals surface area contributed by atoms with Gasteiger partial charge in [-0.15, -0.1) is 0 Å². The second-order valence-corrected chi connectivity index (χ2v) is 4.89. The molecule has 0 saturated heterocycles. The third-order valence-corrected chi connectivity index (χ3v) is 3.54. The standard InChI is InChI=1S/C18H16N2O/c1-20-16-12-8-3-2-7-11-15(16)18(19-13-17(20)21)14-9-5-4-6-10-14/h2-12H,13H2,1H3/b3-2?,7-2-,8-3-,11-7?,12-8?,15-11+,16-12+. The summed E-state index contributed by atoms with van der Waals surface area (Å²) >= 11 is 0. The first kappa shape index (κ1) is 13.3. The third kappa shape index (κ3) is 2.63. The summed E-state index contributed by atoms with van der Waals surface area (Å²) in [6, 6.07) is 9.98. The smallest absolute Gasteiger partial charge is 0.248 e. The summed E-state index contributed by atoms with van der Waals surface area (Å²) in [4.78, 5) is 18.4. The lowest BCUT2D eigenvalue weighted by Gasteiger charge is -2.20. The summed E-state index contributed by atoms with van der Waals surface area (Å²) in [5.74, 6) is -0.00367. The fourth-order valence-corrected chi connectivity index (χ4v) is 2.41. The van der Waals surface area contributed by atoms with Gasteiger partial charge in [0.05, 0.1) is 11.4 Å². The van der Waals surface area contributed by atoms with Crippen LogP contribution in [0.5, 0.6) is 0 Å². The number of nitrogens with zero attached hydrogens (tertiary/aromatic N) is 2. The SMILES string of the molecule is CN1C(=O)CN=C(c2ccccc2)C2=C/C=C\C=C/C=C\21. The van der Waals surface area contributed by atoms with E-state index >= 15 is 0 Å². The molecule has 0 N–H and O–H groups in total. The highest BCUT2D eigenvalue weighted by atomic mass is 16.2. The van der Waals surface area contributed by atoms with Crippen molar-refractivity contribution in [2.75, 3.05) is 13.6 Å². The van der Waals surface area contributed by atoms with Crippen molar-refractivity contribution in [1.82, 2.24) is 4.90 Å². The summed E-state index contributed by atoms with van der Waals surface area (Å²) < 4.78 is 0. The van der Waals surface area contributed by atoms with Gasteiger partial charge < -0.3 is 4.90 Å². The van der Waals surface area contributed by atoms with Gasteiger partial charge in [0.25, 0.3) is 0 Å². The molecule has 1 aromatic carbocycles. The molecule has 104 valence electrons. The number of rotatable bonds is 1. The lowest BCUT2D eigenvalue weighted by molar-refractivity contribution is -0.126. The highest BCUT2D eigenvalue weighted by Gasteiger charge is 2.24. The molecular formula is C18H16N2O. The normalized spacial score (nSPS) is 26.0. The zero-order chi connectivity index (χ0) is 14.7. The number of likely N-dealkylation sites (N-methyl/N-ethyl adjacent to an activating group) is 1. The van der Waals surface area contributed by atoms with Crippen molar-refractivity contribution in [3.05, 3.63) is 83.6 Å². The molecule has 3 heteroatoms. The fourth-order valence-electron chi connectivity index (χ4n) is 2.41. The molecule has 0 aromatic heterocycles. The Kier molecular flexibility index (Phi) is 3.65. The first-order valence-electron chi connectivity index (χ1n) is 6.90. The van der Waals surface area contributed by atoms with E-state index in [1.807, 2.05) is 66.8 Å². The Bertz CT molecular complexity index is 706. The van der Waals surface area contributed by atoms with Crippen molar-refractivity contribution in [3.63, 3.8) is 0 Å². The minimum atomic E-state index is -0.00367. The van der Waals surface area contributed by atoms with Crippen LogP contribution in [0.15, 0.2) is 83.1 Å². The van der Waals surface area contributed by atoms with E-state index in [9.17, 15) is 4.79 Å². The molecule has 3 nitrogen and oxygen atoms in total. The Morgan fingerprint density at radius 1 is 1.00 bits per heavy atom. The molecule has 0 unspecified atom stereocenters. The molecule has 0 spiro atoms. The maximum atomic E-state index is 12.2. The molecule has 1 amide bonds. The van der Waals surface area contributed by atoms with Crippen LogP contribution in [0.3, 0.4) is 0 Å². The lowest BCUT2D eigenvalue weighted by atomic mass is 9.97. The molecule has 1 heterocycles. The van der Waals surface area contributed by atoms with Crippen LogP contribution < -0.4 is 0 Å². The average Bonchev–Trinajstić information content (AvgIpc) is 2.59. The van der Waals surface area contributed by atoms with Gasteiger partial charge in [0, 0.05) is 18.2 Å². The van der Waals surface area contributed by atoms with Gasteiger partial charge in [-0.3, -0.25) is 9.79 Å². The molecule has 0 bridgehead atoms. The summed E-state index contributed by atoms with van der Waals surface area (Å²) in [5.41, 5.74) is 3.73. The molecule has 0 fully saturated rings. The fraction of sp³-hybridized carbons (Fsp3) is 0.111.